The van der Waals surface area contributed by atoms with Crippen LogP contribution in [-0.2, 0) is 38.1 Å². The average molecular weight is 722 g/mol. The van der Waals surface area contributed by atoms with E-state index in [4.69, 9.17) is 18.9 Å². The topological polar surface area (TPSA) is 105 Å². The van der Waals surface area contributed by atoms with Crippen LogP contribution in [0.5, 0.6) is 0 Å². The van der Waals surface area contributed by atoms with Crippen molar-refractivity contribution >= 4 is 60.1 Å². The summed E-state index contributed by atoms with van der Waals surface area (Å²) in [7, 11) is 3.04. The molecule has 234 valence electrons. The normalized spacial score (nSPS) is 26.0. The first-order valence-corrected chi connectivity index (χ1v) is 24.3. The number of hydrogen-bond acceptors (Lipinski definition) is 10. The Bertz CT molecular complexity index is 873. The molecule has 2 radical (unpaired) electrons. The van der Waals surface area contributed by atoms with Crippen molar-refractivity contribution in [3.8, 4) is 0 Å². The van der Waals surface area contributed by atoms with Gasteiger partial charge in [0, 0.05) is 0 Å². The van der Waals surface area contributed by atoms with Gasteiger partial charge in [-0.15, -0.1) is 0 Å². The van der Waals surface area contributed by atoms with E-state index >= 15 is 0 Å². The van der Waals surface area contributed by atoms with E-state index in [0.29, 0.717) is 25.4 Å². The van der Waals surface area contributed by atoms with Gasteiger partial charge < -0.3 is 0 Å². The molecule has 0 amide bonds. The molecule has 2 rings (SSSR count). The number of rotatable bonds is 22. The van der Waals surface area contributed by atoms with Crippen LogP contribution < -0.4 is 0 Å². The molecule has 2 saturated carbocycles. The monoisotopic (exact) mass is 722 g/mol. The maximum absolute atomic E-state index is 13.9. The Hall–Kier alpha value is -0.621. The summed E-state index contributed by atoms with van der Waals surface area (Å²) in [5, 5.41) is 0. The molecule has 8 nitrogen and oxygen atoms in total. The van der Waals surface area contributed by atoms with Crippen molar-refractivity contribution in [2.24, 2.45) is 23.7 Å². The number of hydrogen-bond donors (Lipinski definition) is 0. The quantitative estimate of drug-likeness (QED) is 0.0560. The molecular formula is C30H50O8S2Sn. The van der Waals surface area contributed by atoms with Crippen LogP contribution >= 0.6 is 17.9 Å². The van der Waals surface area contributed by atoms with Crippen LogP contribution in [0, 0.1) is 23.7 Å². The molecule has 0 aliphatic heterocycles. The predicted octanol–water partition coefficient (Wildman–Crippen LogP) is 6.15. The second-order valence-electron chi connectivity index (χ2n) is 11.1. The van der Waals surface area contributed by atoms with Gasteiger partial charge in [0.1, 0.15) is 0 Å². The van der Waals surface area contributed by atoms with Crippen LogP contribution in [0.15, 0.2) is 0 Å². The van der Waals surface area contributed by atoms with E-state index in [2.05, 4.69) is 27.7 Å². The van der Waals surface area contributed by atoms with Crippen LogP contribution in [0.4, 0.5) is 0 Å². The molecule has 6 atom stereocenters. The molecule has 2 aliphatic carbocycles. The molecule has 41 heavy (non-hydrogen) atoms. The van der Waals surface area contributed by atoms with Crippen molar-refractivity contribution in [2.75, 3.05) is 25.6 Å². The van der Waals surface area contributed by atoms with E-state index in [1.54, 1.807) is 22.8 Å². The van der Waals surface area contributed by atoms with Crippen molar-refractivity contribution in [1.82, 2.24) is 0 Å². The van der Waals surface area contributed by atoms with E-state index < -0.39 is 46.5 Å². The predicted molar refractivity (Wildman–Crippen MR) is 164 cm³/mol. The van der Waals surface area contributed by atoms with E-state index in [9.17, 15) is 19.2 Å². The fourth-order valence-electron chi connectivity index (χ4n) is 5.42. The Balaban J connectivity index is 2.06. The molecule has 0 aromatic carbocycles. The summed E-state index contributed by atoms with van der Waals surface area (Å²) in [6.45, 7) is 13.0. The molecule has 0 bridgehead atoms. The second kappa shape index (κ2) is 18.2. The van der Waals surface area contributed by atoms with Crippen molar-refractivity contribution in [2.45, 2.75) is 116 Å². The molecule has 2 fully saturated rings. The number of carbonyl (C=O) groups is 4. The molecule has 0 aromatic rings. The summed E-state index contributed by atoms with van der Waals surface area (Å²) in [4.78, 5) is 51.7. The third kappa shape index (κ3) is 10.2. The zero-order chi connectivity index (χ0) is 30.5. The standard InChI is InChI=1S/C20H32O6S.C10H20O2S.Sn/c1-5-9-10-13(6-2)19(11-14(19)16(21)24-7-3)26-18(23)20(27)12-15(20)17(22)25-8-4;1-3-5-6-9(4-2)7-12-10(11)8-13;/h13-15,27H,5-12H2,1-4H3;9,13H,3-8H2,1-2H3;/q;;+2/p-2. The summed E-state index contributed by atoms with van der Waals surface area (Å²) < 4.78 is 21.4. The van der Waals surface area contributed by atoms with Gasteiger partial charge in [0.25, 0.3) is 0 Å². The van der Waals surface area contributed by atoms with Gasteiger partial charge in [0.2, 0.25) is 0 Å². The molecule has 0 heterocycles. The zero-order valence-corrected chi connectivity index (χ0v) is 30.3. The van der Waals surface area contributed by atoms with E-state index in [1.807, 2.05) is 0 Å². The van der Waals surface area contributed by atoms with Gasteiger partial charge in [-0.05, 0) is 0 Å². The van der Waals surface area contributed by atoms with Gasteiger partial charge in [-0.25, -0.2) is 0 Å². The minimum atomic E-state index is -1.35. The number of esters is 4. The van der Waals surface area contributed by atoms with Gasteiger partial charge in [0.05, 0.1) is 0 Å². The molecule has 2 aliphatic rings. The number of ether oxygens (including phenoxy) is 4. The zero-order valence-electron chi connectivity index (χ0n) is 25.8. The van der Waals surface area contributed by atoms with Crippen molar-refractivity contribution in [3.05, 3.63) is 0 Å². The molecule has 0 saturated heterocycles. The first kappa shape index (κ1) is 36.6. The van der Waals surface area contributed by atoms with E-state index in [1.165, 1.54) is 8.95 Å². The molecule has 6 unspecified atom stereocenters. The van der Waals surface area contributed by atoms with Crippen LogP contribution in [0.3, 0.4) is 0 Å². The van der Waals surface area contributed by atoms with Gasteiger partial charge >= 0.3 is 264 Å². The van der Waals surface area contributed by atoms with Gasteiger partial charge in [-0.1, -0.05) is 0 Å². The molecule has 0 aromatic heterocycles. The second-order valence-corrected chi connectivity index (χ2v) is 21.7. The van der Waals surface area contributed by atoms with Crippen molar-refractivity contribution < 1.29 is 38.1 Å². The van der Waals surface area contributed by atoms with Gasteiger partial charge in [0.15, 0.2) is 0 Å². The Kier molecular flexibility index (Phi) is 16.3. The van der Waals surface area contributed by atoms with E-state index in [0.717, 1.165) is 51.4 Å². The Morgan fingerprint density at radius 1 is 0.829 bits per heavy atom. The molecular weight excluding hydrogens is 671 g/mol. The van der Waals surface area contributed by atoms with Crippen LogP contribution in [0.25, 0.3) is 0 Å². The maximum atomic E-state index is 13.9. The third-order valence-corrected chi connectivity index (χ3v) is 19.9. The van der Waals surface area contributed by atoms with Crippen LogP contribution in [0.2, 0.25) is 0 Å². The average Bonchev–Trinajstić information content (AvgIpc) is 3.87. The van der Waals surface area contributed by atoms with E-state index in [-0.39, 0.29) is 42.8 Å². The van der Waals surface area contributed by atoms with Crippen molar-refractivity contribution in [1.29, 1.82) is 0 Å². The van der Waals surface area contributed by atoms with Crippen molar-refractivity contribution in [3.63, 3.8) is 0 Å². The number of carbonyl (C=O) groups excluding carboxylic acids is 4. The summed E-state index contributed by atoms with van der Waals surface area (Å²) >= 11 is -1.35. The van der Waals surface area contributed by atoms with Gasteiger partial charge in [-0.2, -0.15) is 0 Å². The molecule has 11 heteroatoms. The molecule has 0 N–H and O–H groups in total. The first-order valence-electron chi connectivity index (χ1n) is 15.5. The number of unbranched alkanes of at least 4 members (excludes halogenated alkanes) is 2. The Morgan fingerprint density at radius 2 is 1.46 bits per heavy atom. The minimum absolute atomic E-state index is 0.0519. The summed E-state index contributed by atoms with van der Waals surface area (Å²) in [5.74, 6) is -1.69. The Labute approximate surface area is 262 Å². The molecule has 0 spiro atoms. The Morgan fingerprint density at radius 3 is 2.05 bits per heavy atom. The fraction of sp³-hybridized carbons (Fsp3) is 0.867. The summed E-state index contributed by atoms with van der Waals surface area (Å²) in [6, 6.07) is 0. The third-order valence-electron chi connectivity index (χ3n) is 8.22. The first-order chi connectivity index (χ1) is 19.7. The SMILES string of the molecule is CCCCC(CC)COC(=O)C[S][Sn][S]C1(C(=O)OC2(C(CC)CCCC)CC2C(=O)OCC)CC1C(=O)OCC. The fourth-order valence-corrected chi connectivity index (χ4v) is 17.8. The van der Waals surface area contributed by atoms with Gasteiger partial charge in [-0.3, -0.25) is 0 Å². The summed E-state index contributed by atoms with van der Waals surface area (Å²) in [6.07, 6.45) is 8.79. The summed E-state index contributed by atoms with van der Waals surface area (Å²) in [5.41, 5.74) is -0.877. The van der Waals surface area contributed by atoms with Crippen LogP contribution in [0.1, 0.15) is 106 Å². The van der Waals surface area contributed by atoms with Crippen LogP contribution in [-0.4, -0.2) is 78.2 Å².